The molecule has 0 saturated heterocycles. The van der Waals surface area contributed by atoms with Crippen molar-refractivity contribution >= 4 is 27.5 Å². The molecular formula is C16H17BrN2O. The van der Waals surface area contributed by atoms with Gasteiger partial charge in [0.1, 0.15) is 0 Å². The number of hydrogen-bond donors (Lipinski definition) is 2. The van der Waals surface area contributed by atoms with Crippen LogP contribution in [0.4, 0.5) is 5.69 Å². The first-order valence-electron chi connectivity index (χ1n) is 6.41. The van der Waals surface area contributed by atoms with Crippen LogP contribution in [0.25, 0.3) is 0 Å². The molecule has 4 heteroatoms. The fourth-order valence-electron chi connectivity index (χ4n) is 1.95. The predicted octanol–water partition coefficient (Wildman–Crippen LogP) is 3.73. The maximum atomic E-state index is 12.2. The normalized spacial score (nSPS) is 10.2. The van der Waals surface area contributed by atoms with Crippen molar-refractivity contribution in [2.75, 3.05) is 12.4 Å². The standard InChI is InChI=1S/C16H17BrN2O/c1-11-9-14(18-2)7-8-15(11)16(20)19-10-12-3-5-13(17)6-4-12/h3-9,18H,10H2,1-2H3,(H,19,20). The second-order valence-corrected chi connectivity index (χ2v) is 5.50. The molecular weight excluding hydrogens is 316 g/mol. The number of benzene rings is 2. The lowest BCUT2D eigenvalue weighted by atomic mass is 10.1. The van der Waals surface area contributed by atoms with E-state index in [0.717, 1.165) is 21.3 Å². The summed E-state index contributed by atoms with van der Waals surface area (Å²) in [6.07, 6.45) is 0. The largest absolute Gasteiger partial charge is 0.388 e. The van der Waals surface area contributed by atoms with Gasteiger partial charge in [-0.1, -0.05) is 28.1 Å². The van der Waals surface area contributed by atoms with E-state index < -0.39 is 0 Å². The van der Waals surface area contributed by atoms with Crippen molar-refractivity contribution in [1.29, 1.82) is 0 Å². The molecule has 0 fully saturated rings. The topological polar surface area (TPSA) is 41.1 Å². The van der Waals surface area contributed by atoms with Crippen molar-refractivity contribution in [3.63, 3.8) is 0 Å². The minimum absolute atomic E-state index is 0.0481. The number of amides is 1. The van der Waals surface area contributed by atoms with Gasteiger partial charge in [-0.3, -0.25) is 4.79 Å². The van der Waals surface area contributed by atoms with E-state index in [1.54, 1.807) is 0 Å². The van der Waals surface area contributed by atoms with Gasteiger partial charge in [-0.25, -0.2) is 0 Å². The smallest absolute Gasteiger partial charge is 0.251 e. The molecule has 0 atom stereocenters. The zero-order chi connectivity index (χ0) is 14.5. The molecule has 2 N–H and O–H groups in total. The van der Waals surface area contributed by atoms with E-state index in [1.165, 1.54) is 0 Å². The number of carbonyl (C=O) groups is 1. The summed E-state index contributed by atoms with van der Waals surface area (Å²) in [6, 6.07) is 13.6. The van der Waals surface area contributed by atoms with Crippen LogP contribution in [-0.2, 0) is 6.54 Å². The Bertz CT molecular complexity index is 608. The maximum Gasteiger partial charge on any atom is 0.251 e. The molecule has 2 aromatic rings. The number of anilines is 1. The van der Waals surface area contributed by atoms with Crippen molar-refractivity contribution in [3.05, 3.63) is 63.6 Å². The van der Waals surface area contributed by atoms with Crippen LogP contribution in [0.5, 0.6) is 0 Å². The molecule has 1 amide bonds. The van der Waals surface area contributed by atoms with E-state index in [2.05, 4.69) is 26.6 Å². The Balaban J connectivity index is 2.03. The van der Waals surface area contributed by atoms with Gasteiger partial charge in [0.05, 0.1) is 0 Å². The van der Waals surface area contributed by atoms with Gasteiger partial charge in [0, 0.05) is 29.3 Å². The molecule has 0 heterocycles. The van der Waals surface area contributed by atoms with Crippen LogP contribution in [0.1, 0.15) is 21.5 Å². The van der Waals surface area contributed by atoms with Crippen molar-refractivity contribution in [3.8, 4) is 0 Å². The van der Waals surface area contributed by atoms with Crippen LogP contribution in [-0.4, -0.2) is 13.0 Å². The van der Waals surface area contributed by atoms with E-state index in [4.69, 9.17) is 0 Å². The summed E-state index contributed by atoms with van der Waals surface area (Å²) in [5, 5.41) is 6.00. The van der Waals surface area contributed by atoms with E-state index in [0.29, 0.717) is 12.1 Å². The zero-order valence-corrected chi connectivity index (χ0v) is 13.1. The van der Waals surface area contributed by atoms with Crippen LogP contribution in [0, 0.1) is 6.92 Å². The third-order valence-corrected chi connectivity index (χ3v) is 3.65. The van der Waals surface area contributed by atoms with Crippen LogP contribution in [0.2, 0.25) is 0 Å². The van der Waals surface area contributed by atoms with Gasteiger partial charge >= 0.3 is 0 Å². The van der Waals surface area contributed by atoms with Gasteiger partial charge in [-0.05, 0) is 48.4 Å². The van der Waals surface area contributed by atoms with Gasteiger partial charge < -0.3 is 10.6 Å². The molecule has 0 aliphatic carbocycles. The summed E-state index contributed by atoms with van der Waals surface area (Å²) < 4.78 is 1.03. The molecule has 0 aromatic heterocycles. The van der Waals surface area contributed by atoms with E-state index in [9.17, 15) is 4.79 Å². The van der Waals surface area contributed by atoms with Gasteiger partial charge in [-0.15, -0.1) is 0 Å². The van der Waals surface area contributed by atoms with Crippen molar-refractivity contribution in [2.45, 2.75) is 13.5 Å². The third-order valence-electron chi connectivity index (χ3n) is 3.13. The fraction of sp³-hybridized carbons (Fsp3) is 0.188. The Morgan fingerprint density at radius 3 is 2.45 bits per heavy atom. The monoisotopic (exact) mass is 332 g/mol. The average molecular weight is 333 g/mol. The first kappa shape index (κ1) is 14.6. The van der Waals surface area contributed by atoms with Crippen LogP contribution in [0.15, 0.2) is 46.9 Å². The fourth-order valence-corrected chi connectivity index (χ4v) is 2.22. The minimum Gasteiger partial charge on any atom is -0.388 e. The SMILES string of the molecule is CNc1ccc(C(=O)NCc2ccc(Br)cc2)c(C)c1. The Labute approximate surface area is 127 Å². The molecule has 3 nitrogen and oxygen atoms in total. The van der Waals surface area contributed by atoms with Crippen LogP contribution < -0.4 is 10.6 Å². The van der Waals surface area contributed by atoms with E-state index >= 15 is 0 Å². The molecule has 2 rings (SSSR count). The molecule has 0 radical (unpaired) electrons. The molecule has 0 aliphatic heterocycles. The molecule has 104 valence electrons. The lowest BCUT2D eigenvalue weighted by molar-refractivity contribution is 0.0950. The summed E-state index contributed by atoms with van der Waals surface area (Å²) in [5.74, 6) is -0.0481. The lowest BCUT2D eigenvalue weighted by Crippen LogP contribution is -2.23. The zero-order valence-electron chi connectivity index (χ0n) is 11.5. The van der Waals surface area contributed by atoms with Gasteiger partial charge in [0.25, 0.3) is 5.91 Å². The Morgan fingerprint density at radius 1 is 1.15 bits per heavy atom. The van der Waals surface area contributed by atoms with Crippen molar-refractivity contribution in [2.24, 2.45) is 0 Å². The highest BCUT2D eigenvalue weighted by Crippen LogP contribution is 2.15. The van der Waals surface area contributed by atoms with E-state index in [1.807, 2.05) is 56.4 Å². The van der Waals surface area contributed by atoms with E-state index in [-0.39, 0.29) is 5.91 Å². The Hall–Kier alpha value is -1.81. The van der Waals surface area contributed by atoms with Crippen LogP contribution >= 0.6 is 15.9 Å². The molecule has 0 bridgehead atoms. The number of carbonyl (C=O) groups excluding carboxylic acids is 1. The molecule has 0 spiro atoms. The van der Waals surface area contributed by atoms with Crippen molar-refractivity contribution < 1.29 is 4.79 Å². The van der Waals surface area contributed by atoms with Crippen LogP contribution in [0.3, 0.4) is 0 Å². The highest BCUT2D eigenvalue weighted by Gasteiger charge is 2.08. The number of rotatable bonds is 4. The number of halogens is 1. The molecule has 0 unspecified atom stereocenters. The van der Waals surface area contributed by atoms with Gasteiger partial charge in [0.2, 0.25) is 0 Å². The highest BCUT2D eigenvalue weighted by molar-refractivity contribution is 9.10. The van der Waals surface area contributed by atoms with Gasteiger partial charge in [0.15, 0.2) is 0 Å². The first-order valence-corrected chi connectivity index (χ1v) is 7.20. The number of aryl methyl sites for hydroxylation is 1. The lowest BCUT2D eigenvalue weighted by Gasteiger charge is -2.09. The van der Waals surface area contributed by atoms with Crippen molar-refractivity contribution in [1.82, 2.24) is 5.32 Å². The third kappa shape index (κ3) is 3.61. The molecule has 0 aliphatic rings. The average Bonchev–Trinajstić information content (AvgIpc) is 2.46. The Kier molecular flexibility index (Phi) is 4.79. The second kappa shape index (κ2) is 6.57. The summed E-state index contributed by atoms with van der Waals surface area (Å²) in [7, 11) is 1.86. The summed E-state index contributed by atoms with van der Waals surface area (Å²) >= 11 is 3.39. The summed E-state index contributed by atoms with van der Waals surface area (Å²) in [4.78, 5) is 12.2. The van der Waals surface area contributed by atoms with Gasteiger partial charge in [-0.2, -0.15) is 0 Å². The highest BCUT2D eigenvalue weighted by atomic mass is 79.9. The number of hydrogen-bond acceptors (Lipinski definition) is 2. The first-order chi connectivity index (χ1) is 9.60. The molecule has 2 aromatic carbocycles. The number of nitrogens with one attached hydrogen (secondary N) is 2. The Morgan fingerprint density at radius 2 is 1.85 bits per heavy atom. The predicted molar refractivity (Wildman–Crippen MR) is 86.0 cm³/mol. The molecule has 0 saturated carbocycles. The summed E-state index contributed by atoms with van der Waals surface area (Å²) in [6.45, 7) is 2.47. The molecule has 20 heavy (non-hydrogen) atoms. The second-order valence-electron chi connectivity index (χ2n) is 4.59. The minimum atomic E-state index is -0.0481. The quantitative estimate of drug-likeness (QED) is 0.895. The summed E-state index contributed by atoms with van der Waals surface area (Å²) in [5.41, 5.74) is 3.75. The maximum absolute atomic E-state index is 12.2.